The van der Waals surface area contributed by atoms with Crippen LogP contribution in [0, 0.1) is 31.6 Å². The Kier molecular flexibility index (Phi) is 4.30. The normalized spacial score (nSPS) is 15.5. The highest BCUT2D eigenvalue weighted by Crippen LogP contribution is 2.32. The van der Waals surface area contributed by atoms with E-state index in [2.05, 4.69) is 6.07 Å². The van der Waals surface area contributed by atoms with Crippen LogP contribution in [0.5, 0.6) is 0 Å². The highest BCUT2D eigenvalue weighted by Gasteiger charge is 2.26. The molecule has 0 aromatic heterocycles. The van der Waals surface area contributed by atoms with E-state index in [1.165, 1.54) is 12.1 Å². The van der Waals surface area contributed by atoms with Gasteiger partial charge in [0.05, 0.1) is 28.5 Å². The number of anilines is 1. The molecule has 0 spiro atoms. The topological polar surface area (TPSA) is 117 Å². The minimum Gasteiger partial charge on any atom is -0.363 e. The van der Waals surface area contributed by atoms with E-state index in [0.29, 0.717) is 38.4 Å². The molecule has 1 aliphatic heterocycles. The van der Waals surface area contributed by atoms with E-state index in [4.69, 9.17) is 5.26 Å². The van der Waals surface area contributed by atoms with Crippen molar-refractivity contribution in [3.8, 4) is 6.07 Å². The molecule has 9 heteroatoms. The van der Waals surface area contributed by atoms with Gasteiger partial charge in [-0.05, 0) is 6.07 Å². The van der Waals surface area contributed by atoms with E-state index in [1.54, 1.807) is 0 Å². The third-order valence-electron chi connectivity index (χ3n) is 3.37. The molecule has 0 N–H and O–H groups in total. The minimum atomic E-state index is -0.651. The lowest BCUT2D eigenvalue weighted by Crippen LogP contribution is -2.46. The van der Waals surface area contributed by atoms with Gasteiger partial charge in [-0.3, -0.25) is 25.1 Å². The van der Waals surface area contributed by atoms with Crippen LogP contribution < -0.4 is 4.90 Å². The molecule has 0 atom stereocenters. The largest absolute Gasteiger partial charge is 0.363 e. The third kappa shape index (κ3) is 3.24. The molecule has 0 amide bonds. The number of piperazine rings is 1. The Hall–Kier alpha value is -2.73. The third-order valence-corrected chi connectivity index (χ3v) is 3.37. The quantitative estimate of drug-likeness (QED) is 0.464. The number of hydrogen-bond acceptors (Lipinski definition) is 7. The molecule has 0 aliphatic carbocycles. The maximum atomic E-state index is 11.1. The second-order valence-corrected chi connectivity index (χ2v) is 4.61. The summed E-state index contributed by atoms with van der Waals surface area (Å²) >= 11 is 0. The molecule has 110 valence electrons. The zero-order valence-corrected chi connectivity index (χ0v) is 11.1. The molecular formula is C12H13N5O4. The van der Waals surface area contributed by atoms with Crippen molar-refractivity contribution in [3.05, 3.63) is 38.4 Å². The average molecular weight is 291 g/mol. The van der Waals surface area contributed by atoms with Crippen LogP contribution in [0.25, 0.3) is 0 Å². The number of non-ortho nitro benzene ring substituents is 1. The van der Waals surface area contributed by atoms with Crippen LogP contribution in [0.2, 0.25) is 0 Å². The van der Waals surface area contributed by atoms with Gasteiger partial charge in [0.1, 0.15) is 5.69 Å². The summed E-state index contributed by atoms with van der Waals surface area (Å²) in [5.74, 6) is 0. The second kappa shape index (κ2) is 6.15. The zero-order valence-electron chi connectivity index (χ0n) is 11.1. The van der Waals surface area contributed by atoms with Crippen molar-refractivity contribution < 1.29 is 9.85 Å². The fourth-order valence-corrected chi connectivity index (χ4v) is 2.29. The lowest BCUT2D eigenvalue weighted by molar-refractivity contribution is -0.393. The van der Waals surface area contributed by atoms with Crippen molar-refractivity contribution in [3.63, 3.8) is 0 Å². The van der Waals surface area contributed by atoms with Crippen molar-refractivity contribution in [2.24, 2.45) is 0 Å². The fourth-order valence-electron chi connectivity index (χ4n) is 2.29. The Bertz CT molecular complexity index is 604. The fraction of sp³-hybridized carbons (Fsp3) is 0.417. The van der Waals surface area contributed by atoms with Crippen molar-refractivity contribution in [2.75, 3.05) is 37.6 Å². The molecule has 1 aromatic carbocycles. The first-order chi connectivity index (χ1) is 10.0. The minimum absolute atomic E-state index is 0.266. The standard InChI is InChI=1S/C12H13N5O4/c13-3-4-14-5-7-15(8-6-14)11-2-1-10(16(18)19)9-12(11)17(20)21/h1-2,9H,4-8H2. The average Bonchev–Trinajstić information content (AvgIpc) is 2.47. The number of nitrogens with zero attached hydrogens (tertiary/aromatic N) is 5. The summed E-state index contributed by atoms with van der Waals surface area (Å²) in [6, 6.07) is 5.73. The molecule has 0 radical (unpaired) electrons. The predicted octanol–water partition coefficient (Wildman–Crippen LogP) is 1.15. The van der Waals surface area contributed by atoms with E-state index in [0.717, 1.165) is 6.07 Å². The maximum absolute atomic E-state index is 11.1. The Morgan fingerprint density at radius 3 is 2.33 bits per heavy atom. The van der Waals surface area contributed by atoms with Gasteiger partial charge in [0.15, 0.2) is 0 Å². The first kappa shape index (κ1) is 14.7. The van der Waals surface area contributed by atoms with Crippen molar-refractivity contribution in [1.29, 1.82) is 5.26 Å². The molecule has 2 rings (SSSR count). The molecule has 21 heavy (non-hydrogen) atoms. The van der Waals surface area contributed by atoms with E-state index >= 15 is 0 Å². The molecule has 9 nitrogen and oxygen atoms in total. The predicted molar refractivity (Wildman–Crippen MR) is 74.0 cm³/mol. The Morgan fingerprint density at radius 1 is 1.14 bits per heavy atom. The Labute approximate surface area is 120 Å². The smallest absolute Gasteiger partial charge is 0.299 e. The number of nitriles is 1. The van der Waals surface area contributed by atoms with Crippen molar-refractivity contribution >= 4 is 17.1 Å². The van der Waals surface area contributed by atoms with Gasteiger partial charge in [0, 0.05) is 32.2 Å². The molecule has 1 saturated heterocycles. The summed E-state index contributed by atoms with van der Waals surface area (Å²) in [6.45, 7) is 2.67. The Morgan fingerprint density at radius 2 is 1.81 bits per heavy atom. The Balaban J connectivity index is 2.22. The zero-order chi connectivity index (χ0) is 15.4. The van der Waals surface area contributed by atoms with E-state index in [-0.39, 0.29) is 11.4 Å². The summed E-state index contributed by atoms with van der Waals surface area (Å²) in [5, 5.41) is 30.5. The number of hydrogen-bond donors (Lipinski definition) is 0. The first-order valence-corrected chi connectivity index (χ1v) is 6.30. The monoisotopic (exact) mass is 291 g/mol. The highest BCUT2D eigenvalue weighted by atomic mass is 16.6. The van der Waals surface area contributed by atoms with Gasteiger partial charge in [0.25, 0.3) is 11.4 Å². The first-order valence-electron chi connectivity index (χ1n) is 6.30. The summed E-state index contributed by atoms with van der Waals surface area (Å²) in [7, 11) is 0. The summed E-state index contributed by atoms with van der Waals surface area (Å²) in [5.41, 5.74) is -0.186. The van der Waals surface area contributed by atoms with Crippen LogP contribution >= 0.6 is 0 Å². The number of rotatable bonds is 4. The molecule has 0 unspecified atom stereocenters. The van der Waals surface area contributed by atoms with E-state index < -0.39 is 9.85 Å². The summed E-state index contributed by atoms with van der Waals surface area (Å²) in [4.78, 5) is 24.3. The lowest BCUT2D eigenvalue weighted by Gasteiger charge is -2.34. The van der Waals surface area contributed by atoms with Gasteiger partial charge >= 0.3 is 0 Å². The van der Waals surface area contributed by atoms with Gasteiger partial charge in [-0.25, -0.2) is 0 Å². The van der Waals surface area contributed by atoms with Gasteiger partial charge in [0.2, 0.25) is 0 Å². The van der Waals surface area contributed by atoms with Crippen LogP contribution in [0.4, 0.5) is 17.1 Å². The number of nitro benzene ring substituents is 2. The maximum Gasteiger partial charge on any atom is 0.299 e. The van der Waals surface area contributed by atoms with Crippen LogP contribution in [0.15, 0.2) is 18.2 Å². The van der Waals surface area contributed by atoms with E-state index in [1.807, 2.05) is 9.80 Å². The molecule has 0 saturated carbocycles. The summed E-state index contributed by atoms with van der Waals surface area (Å²) < 4.78 is 0. The van der Waals surface area contributed by atoms with Crippen LogP contribution in [-0.4, -0.2) is 47.5 Å². The lowest BCUT2D eigenvalue weighted by atomic mass is 10.2. The van der Waals surface area contributed by atoms with Crippen molar-refractivity contribution in [2.45, 2.75) is 0 Å². The van der Waals surface area contributed by atoms with Gasteiger partial charge < -0.3 is 4.90 Å². The molecule has 1 aliphatic rings. The van der Waals surface area contributed by atoms with Gasteiger partial charge in [-0.15, -0.1) is 0 Å². The highest BCUT2D eigenvalue weighted by molar-refractivity contribution is 5.67. The molecular weight excluding hydrogens is 278 g/mol. The summed E-state index contributed by atoms with van der Waals surface area (Å²) in [6.07, 6.45) is 0. The van der Waals surface area contributed by atoms with Crippen molar-refractivity contribution in [1.82, 2.24) is 4.90 Å². The molecule has 1 heterocycles. The van der Waals surface area contributed by atoms with Gasteiger partial charge in [-0.2, -0.15) is 5.26 Å². The van der Waals surface area contributed by atoms with Crippen LogP contribution in [0.1, 0.15) is 0 Å². The SMILES string of the molecule is N#CCN1CCN(c2ccc([N+](=O)[O-])cc2[N+](=O)[O-])CC1. The number of benzene rings is 1. The molecule has 1 aromatic rings. The van der Waals surface area contributed by atoms with E-state index in [9.17, 15) is 20.2 Å². The molecule has 0 bridgehead atoms. The van der Waals surface area contributed by atoms with Crippen LogP contribution in [-0.2, 0) is 0 Å². The number of nitro groups is 2. The van der Waals surface area contributed by atoms with Crippen LogP contribution in [0.3, 0.4) is 0 Å². The molecule has 1 fully saturated rings. The second-order valence-electron chi connectivity index (χ2n) is 4.61. The van der Waals surface area contributed by atoms with Gasteiger partial charge in [-0.1, -0.05) is 0 Å².